The topological polar surface area (TPSA) is 80.5 Å². The van der Waals surface area contributed by atoms with Crippen molar-refractivity contribution in [1.82, 2.24) is 4.90 Å². The van der Waals surface area contributed by atoms with E-state index in [0.717, 1.165) is 25.7 Å². The highest BCUT2D eigenvalue weighted by atomic mass is 35.5. The van der Waals surface area contributed by atoms with E-state index >= 15 is 0 Å². The van der Waals surface area contributed by atoms with Crippen molar-refractivity contribution in [3.8, 4) is 0 Å². The first-order chi connectivity index (χ1) is 9.39. The maximum Gasteiger partial charge on any atom is 0.255 e. The average molecular weight is 317 g/mol. The molecule has 0 bridgehead atoms. The standard InChI is InChI=1S/C13H17ClN2O3S/c14-12-6-5-10(20(15,18)19)9-11(12)13(17)16-7-3-1-2-4-8-16/h5-6,9H,1-4,7-8H2,(H2,15,18,19). The molecule has 0 saturated carbocycles. The Kier molecular flexibility index (Phi) is 4.67. The second-order valence-corrected chi connectivity index (χ2v) is 6.86. The molecule has 1 aromatic rings. The van der Waals surface area contributed by atoms with Crippen LogP contribution in [0, 0.1) is 0 Å². The van der Waals surface area contributed by atoms with Crippen LogP contribution in [0.1, 0.15) is 36.0 Å². The van der Waals surface area contributed by atoms with Gasteiger partial charge in [0.2, 0.25) is 10.0 Å². The van der Waals surface area contributed by atoms with Gasteiger partial charge in [0.25, 0.3) is 5.91 Å². The Bertz CT molecular complexity index is 608. The van der Waals surface area contributed by atoms with Gasteiger partial charge >= 0.3 is 0 Å². The van der Waals surface area contributed by atoms with Crippen LogP contribution in [0.3, 0.4) is 0 Å². The summed E-state index contributed by atoms with van der Waals surface area (Å²) >= 11 is 6.02. The minimum absolute atomic E-state index is 0.0972. The lowest BCUT2D eigenvalue weighted by Crippen LogP contribution is -2.32. The molecule has 0 radical (unpaired) electrons. The van der Waals surface area contributed by atoms with Crippen molar-refractivity contribution in [3.63, 3.8) is 0 Å². The van der Waals surface area contributed by atoms with E-state index in [2.05, 4.69) is 0 Å². The molecule has 20 heavy (non-hydrogen) atoms. The Morgan fingerprint density at radius 1 is 1.15 bits per heavy atom. The van der Waals surface area contributed by atoms with Gasteiger partial charge in [0.05, 0.1) is 15.5 Å². The summed E-state index contributed by atoms with van der Waals surface area (Å²) in [6.45, 7) is 1.35. The van der Waals surface area contributed by atoms with E-state index in [1.54, 1.807) is 4.90 Å². The number of primary sulfonamides is 1. The van der Waals surface area contributed by atoms with Crippen molar-refractivity contribution in [1.29, 1.82) is 0 Å². The SMILES string of the molecule is NS(=O)(=O)c1ccc(Cl)c(C(=O)N2CCCCCC2)c1. The molecule has 0 spiro atoms. The summed E-state index contributed by atoms with van der Waals surface area (Å²) < 4.78 is 22.7. The van der Waals surface area contributed by atoms with Crippen molar-refractivity contribution < 1.29 is 13.2 Å². The Morgan fingerprint density at radius 2 is 1.75 bits per heavy atom. The third kappa shape index (κ3) is 3.50. The zero-order valence-electron chi connectivity index (χ0n) is 11.0. The van der Waals surface area contributed by atoms with E-state index in [4.69, 9.17) is 16.7 Å². The minimum Gasteiger partial charge on any atom is -0.339 e. The van der Waals surface area contributed by atoms with E-state index in [1.165, 1.54) is 18.2 Å². The van der Waals surface area contributed by atoms with Gasteiger partial charge < -0.3 is 4.90 Å². The highest BCUT2D eigenvalue weighted by Gasteiger charge is 2.21. The van der Waals surface area contributed by atoms with E-state index < -0.39 is 10.0 Å². The predicted octanol–water partition coefficient (Wildman–Crippen LogP) is 2.00. The molecule has 0 aromatic heterocycles. The number of rotatable bonds is 2. The van der Waals surface area contributed by atoms with Gasteiger partial charge in [0.1, 0.15) is 0 Å². The molecule has 110 valence electrons. The second kappa shape index (κ2) is 6.11. The number of nitrogens with two attached hydrogens (primary N) is 1. The van der Waals surface area contributed by atoms with Crippen molar-refractivity contribution in [2.75, 3.05) is 13.1 Å². The molecule has 2 rings (SSSR count). The fourth-order valence-corrected chi connectivity index (χ4v) is 3.03. The van der Waals surface area contributed by atoms with Crippen LogP contribution in [0.25, 0.3) is 0 Å². The molecule has 1 aliphatic heterocycles. The quantitative estimate of drug-likeness (QED) is 0.906. The first-order valence-corrected chi connectivity index (χ1v) is 8.43. The van der Waals surface area contributed by atoms with Gasteiger partial charge in [-0.2, -0.15) is 0 Å². The first kappa shape index (κ1) is 15.3. The van der Waals surface area contributed by atoms with Crippen molar-refractivity contribution in [2.24, 2.45) is 5.14 Å². The molecule has 0 aliphatic carbocycles. The molecule has 1 heterocycles. The summed E-state index contributed by atoms with van der Waals surface area (Å²) in [5.41, 5.74) is 0.195. The Hall–Kier alpha value is -1.11. The molecular formula is C13H17ClN2O3S. The smallest absolute Gasteiger partial charge is 0.255 e. The van der Waals surface area contributed by atoms with Crippen LogP contribution in [0.2, 0.25) is 5.02 Å². The van der Waals surface area contributed by atoms with Crippen LogP contribution in [-0.2, 0) is 10.0 Å². The van der Waals surface area contributed by atoms with Crippen LogP contribution in [-0.4, -0.2) is 32.3 Å². The predicted molar refractivity (Wildman–Crippen MR) is 77.2 cm³/mol. The number of amides is 1. The second-order valence-electron chi connectivity index (χ2n) is 4.89. The molecule has 7 heteroatoms. The number of carbonyl (C=O) groups excluding carboxylic acids is 1. The number of halogens is 1. The summed E-state index contributed by atoms with van der Waals surface area (Å²) in [4.78, 5) is 14.1. The third-order valence-electron chi connectivity index (χ3n) is 3.39. The highest BCUT2D eigenvalue weighted by Crippen LogP contribution is 2.23. The van der Waals surface area contributed by atoms with Gasteiger partial charge in [-0.05, 0) is 31.0 Å². The summed E-state index contributed by atoms with van der Waals surface area (Å²) in [5.74, 6) is -0.234. The Labute approximate surface area is 123 Å². The first-order valence-electron chi connectivity index (χ1n) is 6.51. The number of hydrogen-bond donors (Lipinski definition) is 1. The van der Waals surface area contributed by atoms with Gasteiger partial charge in [0.15, 0.2) is 0 Å². The van der Waals surface area contributed by atoms with E-state index in [9.17, 15) is 13.2 Å². The lowest BCUT2D eigenvalue weighted by atomic mass is 10.2. The van der Waals surface area contributed by atoms with Crippen molar-refractivity contribution in [2.45, 2.75) is 30.6 Å². The maximum absolute atomic E-state index is 12.5. The molecular weight excluding hydrogens is 300 g/mol. The molecule has 0 atom stereocenters. The minimum atomic E-state index is -3.84. The van der Waals surface area contributed by atoms with Crippen LogP contribution in [0.15, 0.2) is 23.1 Å². The molecule has 1 aliphatic rings. The number of likely N-dealkylation sites (tertiary alicyclic amines) is 1. The molecule has 2 N–H and O–H groups in total. The van der Waals surface area contributed by atoms with Gasteiger partial charge in [0, 0.05) is 13.1 Å². The normalized spacial score (nSPS) is 16.8. The van der Waals surface area contributed by atoms with Crippen LogP contribution >= 0.6 is 11.6 Å². The summed E-state index contributed by atoms with van der Waals surface area (Å²) in [5, 5.41) is 5.33. The van der Waals surface area contributed by atoms with Gasteiger partial charge in [-0.1, -0.05) is 24.4 Å². The average Bonchev–Trinajstić information content (AvgIpc) is 2.66. The fourth-order valence-electron chi connectivity index (χ4n) is 2.29. The maximum atomic E-state index is 12.5. The number of nitrogens with zero attached hydrogens (tertiary/aromatic N) is 1. The summed E-state index contributed by atoms with van der Waals surface area (Å²) in [6, 6.07) is 3.95. The van der Waals surface area contributed by atoms with Gasteiger partial charge in [-0.25, -0.2) is 13.6 Å². The summed E-state index contributed by atoms with van der Waals surface area (Å²) in [6.07, 6.45) is 4.12. The van der Waals surface area contributed by atoms with Gasteiger partial charge in [-0.15, -0.1) is 0 Å². The monoisotopic (exact) mass is 316 g/mol. The van der Waals surface area contributed by atoms with Gasteiger partial charge in [-0.3, -0.25) is 4.79 Å². The van der Waals surface area contributed by atoms with Crippen LogP contribution in [0.5, 0.6) is 0 Å². The van der Waals surface area contributed by atoms with E-state index in [-0.39, 0.29) is 21.4 Å². The lowest BCUT2D eigenvalue weighted by molar-refractivity contribution is 0.0761. The van der Waals surface area contributed by atoms with Crippen molar-refractivity contribution in [3.05, 3.63) is 28.8 Å². The Balaban J connectivity index is 2.33. The lowest BCUT2D eigenvalue weighted by Gasteiger charge is -2.21. The molecule has 1 amide bonds. The molecule has 0 unspecified atom stereocenters. The highest BCUT2D eigenvalue weighted by molar-refractivity contribution is 7.89. The zero-order valence-corrected chi connectivity index (χ0v) is 12.6. The molecule has 1 fully saturated rings. The molecule has 5 nitrogen and oxygen atoms in total. The van der Waals surface area contributed by atoms with E-state index in [0.29, 0.717) is 13.1 Å². The molecule has 1 aromatic carbocycles. The number of benzene rings is 1. The van der Waals surface area contributed by atoms with Crippen molar-refractivity contribution >= 4 is 27.5 Å². The number of carbonyl (C=O) groups is 1. The largest absolute Gasteiger partial charge is 0.339 e. The third-order valence-corrected chi connectivity index (χ3v) is 4.63. The zero-order chi connectivity index (χ0) is 14.8. The Morgan fingerprint density at radius 3 is 2.30 bits per heavy atom. The van der Waals surface area contributed by atoms with Crippen LogP contribution < -0.4 is 5.14 Å². The fraction of sp³-hybridized carbons (Fsp3) is 0.462. The van der Waals surface area contributed by atoms with Crippen LogP contribution in [0.4, 0.5) is 0 Å². The number of hydrogen-bond acceptors (Lipinski definition) is 3. The number of sulfonamides is 1. The van der Waals surface area contributed by atoms with E-state index in [1.807, 2.05) is 0 Å². The molecule has 1 saturated heterocycles. The summed E-state index contributed by atoms with van der Waals surface area (Å²) in [7, 11) is -3.84.